The molecule has 1 aromatic carbocycles. The van der Waals surface area contributed by atoms with Crippen LogP contribution in [0.5, 0.6) is 0 Å². The number of benzene rings is 1. The molecule has 4 nitrogen and oxygen atoms in total. The average molecular weight is 348 g/mol. The lowest BCUT2D eigenvalue weighted by molar-refractivity contribution is 0.0963. The van der Waals surface area contributed by atoms with Crippen molar-refractivity contribution in [1.82, 2.24) is 4.90 Å². The van der Waals surface area contributed by atoms with Gasteiger partial charge in [-0.15, -0.1) is 0 Å². The lowest BCUT2D eigenvalue weighted by Crippen LogP contribution is -2.47. The first-order chi connectivity index (χ1) is 9.88. The number of carbonyl (C=O) groups excluding carboxylic acids is 1. The van der Waals surface area contributed by atoms with Crippen molar-refractivity contribution in [2.24, 2.45) is 0 Å². The Labute approximate surface area is 134 Å². The summed E-state index contributed by atoms with van der Waals surface area (Å²) in [6.45, 7) is 1.18. The van der Waals surface area contributed by atoms with Gasteiger partial charge in [-0.2, -0.15) is 11.8 Å². The molecule has 0 aromatic heterocycles. The molecule has 1 fully saturated rings. The van der Waals surface area contributed by atoms with Crippen molar-refractivity contribution in [3.05, 3.63) is 34.9 Å². The molecule has 1 aliphatic heterocycles. The second kappa shape index (κ2) is 7.13. The zero-order chi connectivity index (χ0) is 15.5. The molecule has 0 bridgehead atoms. The van der Waals surface area contributed by atoms with Crippen LogP contribution in [0.4, 0.5) is 0 Å². The largest absolute Gasteiger partial charge is 0.294 e. The molecule has 0 amide bonds. The number of nitrogens with zero attached hydrogens (tertiary/aromatic N) is 1. The summed E-state index contributed by atoms with van der Waals surface area (Å²) in [5, 5.41) is 0.117. The Morgan fingerprint density at radius 1 is 1.38 bits per heavy atom. The molecular weight excluding hydrogens is 330 g/mol. The van der Waals surface area contributed by atoms with Gasteiger partial charge in [-0.05, 0) is 24.3 Å². The van der Waals surface area contributed by atoms with Crippen molar-refractivity contribution >= 4 is 39.0 Å². The first-order valence-electron chi connectivity index (χ1n) is 6.67. The van der Waals surface area contributed by atoms with E-state index in [0.717, 1.165) is 5.75 Å². The van der Waals surface area contributed by atoms with Crippen LogP contribution in [0, 0.1) is 0 Å². The van der Waals surface area contributed by atoms with Crippen LogP contribution in [-0.2, 0) is 9.84 Å². The van der Waals surface area contributed by atoms with Crippen LogP contribution in [0.15, 0.2) is 24.3 Å². The fourth-order valence-electron chi connectivity index (χ4n) is 2.29. The third-order valence-electron chi connectivity index (χ3n) is 3.48. The lowest BCUT2D eigenvalue weighted by Gasteiger charge is -2.33. The highest BCUT2D eigenvalue weighted by molar-refractivity contribution is 8.00. The number of hydrogen-bond donors (Lipinski definition) is 0. The van der Waals surface area contributed by atoms with E-state index in [1.807, 2.05) is 4.90 Å². The first-order valence-corrected chi connectivity index (χ1v) is 10.2. The standard InChI is InChI=1S/C14H18ClNO3S2/c1-21(18,19)14-10-20-9-8-16(14)7-6-13(17)11-2-4-12(15)5-3-11/h2-5,14H,6-10H2,1H3. The highest BCUT2D eigenvalue weighted by atomic mass is 35.5. The SMILES string of the molecule is CS(=O)(=O)C1CSCCN1CCC(=O)c1ccc(Cl)cc1. The smallest absolute Gasteiger partial charge is 0.164 e. The van der Waals surface area contributed by atoms with Gasteiger partial charge < -0.3 is 0 Å². The molecule has 0 radical (unpaired) electrons. The van der Waals surface area contributed by atoms with Crippen molar-refractivity contribution in [2.45, 2.75) is 11.8 Å². The molecule has 21 heavy (non-hydrogen) atoms. The van der Waals surface area contributed by atoms with Gasteiger partial charge >= 0.3 is 0 Å². The van der Waals surface area contributed by atoms with E-state index < -0.39 is 15.2 Å². The summed E-state index contributed by atoms with van der Waals surface area (Å²) in [4.78, 5) is 14.0. The molecule has 1 atom stereocenters. The Hall–Kier alpha value is -0.560. The zero-order valence-electron chi connectivity index (χ0n) is 11.8. The van der Waals surface area contributed by atoms with E-state index in [1.165, 1.54) is 6.26 Å². The number of sulfone groups is 1. The van der Waals surface area contributed by atoms with E-state index in [1.54, 1.807) is 36.0 Å². The normalized spacial score (nSPS) is 20.4. The Bertz CT molecular complexity index is 601. The Balaban J connectivity index is 1.97. The third-order valence-corrected chi connectivity index (χ3v) is 6.42. The highest BCUT2D eigenvalue weighted by Crippen LogP contribution is 2.21. The van der Waals surface area contributed by atoms with E-state index >= 15 is 0 Å². The fourth-order valence-corrected chi connectivity index (χ4v) is 5.39. The van der Waals surface area contributed by atoms with Gasteiger partial charge in [0.05, 0.1) is 0 Å². The molecule has 7 heteroatoms. The molecule has 0 saturated carbocycles. The third kappa shape index (κ3) is 4.71. The van der Waals surface area contributed by atoms with E-state index in [9.17, 15) is 13.2 Å². The zero-order valence-corrected chi connectivity index (χ0v) is 14.2. The van der Waals surface area contributed by atoms with Gasteiger partial charge in [-0.25, -0.2) is 8.42 Å². The monoisotopic (exact) mass is 347 g/mol. The van der Waals surface area contributed by atoms with Gasteiger partial charge in [0.15, 0.2) is 15.6 Å². The summed E-state index contributed by atoms with van der Waals surface area (Å²) in [6.07, 6.45) is 1.58. The van der Waals surface area contributed by atoms with Crippen molar-refractivity contribution in [3.63, 3.8) is 0 Å². The second-order valence-electron chi connectivity index (χ2n) is 5.08. The average Bonchev–Trinajstić information content (AvgIpc) is 2.45. The molecule has 1 aliphatic rings. The van der Waals surface area contributed by atoms with Gasteiger partial charge in [-0.1, -0.05) is 11.6 Å². The molecular formula is C14H18ClNO3S2. The molecule has 1 saturated heterocycles. The number of rotatable bonds is 5. The topological polar surface area (TPSA) is 54.5 Å². The lowest BCUT2D eigenvalue weighted by atomic mass is 10.1. The van der Waals surface area contributed by atoms with E-state index in [0.29, 0.717) is 35.8 Å². The number of Topliss-reactive ketones (excluding diaryl/α,β-unsaturated/α-hetero) is 1. The van der Waals surface area contributed by atoms with Crippen LogP contribution in [0.1, 0.15) is 16.8 Å². The first kappa shape index (κ1) is 16.8. The maximum Gasteiger partial charge on any atom is 0.164 e. The Kier molecular flexibility index (Phi) is 5.71. The summed E-state index contributed by atoms with van der Waals surface area (Å²) < 4.78 is 23.6. The van der Waals surface area contributed by atoms with Crippen molar-refractivity contribution in [2.75, 3.05) is 30.9 Å². The van der Waals surface area contributed by atoms with E-state index in [-0.39, 0.29) is 5.78 Å². The quantitative estimate of drug-likeness (QED) is 0.765. The maximum absolute atomic E-state index is 12.1. The number of halogens is 1. The van der Waals surface area contributed by atoms with Gasteiger partial charge in [-0.3, -0.25) is 9.69 Å². The summed E-state index contributed by atoms with van der Waals surface area (Å²) >= 11 is 7.44. The summed E-state index contributed by atoms with van der Waals surface area (Å²) in [5.74, 6) is 1.49. The Morgan fingerprint density at radius 3 is 2.67 bits per heavy atom. The minimum absolute atomic E-state index is 0.0112. The van der Waals surface area contributed by atoms with Gasteiger partial charge in [0.25, 0.3) is 0 Å². The van der Waals surface area contributed by atoms with Gasteiger partial charge in [0.1, 0.15) is 5.37 Å². The van der Waals surface area contributed by atoms with Crippen molar-refractivity contribution in [1.29, 1.82) is 0 Å². The Morgan fingerprint density at radius 2 is 2.05 bits per heavy atom. The van der Waals surface area contributed by atoms with Gasteiger partial charge in [0.2, 0.25) is 0 Å². The minimum Gasteiger partial charge on any atom is -0.294 e. The summed E-state index contributed by atoms with van der Waals surface area (Å²) in [6, 6.07) is 6.77. The van der Waals surface area contributed by atoms with E-state index in [2.05, 4.69) is 0 Å². The van der Waals surface area contributed by atoms with Gasteiger partial charge in [0, 0.05) is 47.9 Å². The number of thioether (sulfide) groups is 1. The fraction of sp³-hybridized carbons (Fsp3) is 0.500. The van der Waals surface area contributed by atoms with Crippen molar-refractivity contribution in [3.8, 4) is 0 Å². The number of carbonyl (C=O) groups is 1. The van der Waals surface area contributed by atoms with Crippen LogP contribution in [-0.4, -0.2) is 55.3 Å². The molecule has 1 heterocycles. The van der Waals surface area contributed by atoms with Crippen LogP contribution < -0.4 is 0 Å². The molecule has 116 valence electrons. The molecule has 1 aromatic rings. The minimum atomic E-state index is -3.12. The van der Waals surface area contributed by atoms with Crippen LogP contribution in [0.3, 0.4) is 0 Å². The molecule has 1 unspecified atom stereocenters. The number of hydrogen-bond acceptors (Lipinski definition) is 5. The van der Waals surface area contributed by atoms with Crippen molar-refractivity contribution < 1.29 is 13.2 Å². The van der Waals surface area contributed by atoms with E-state index in [4.69, 9.17) is 11.6 Å². The maximum atomic E-state index is 12.1. The summed E-state index contributed by atoms with van der Waals surface area (Å²) in [5.41, 5.74) is 0.613. The molecule has 0 N–H and O–H groups in total. The molecule has 0 aliphatic carbocycles. The predicted octanol–water partition coefficient (Wildman–Crippen LogP) is 2.33. The molecule has 2 rings (SSSR count). The molecule has 0 spiro atoms. The summed E-state index contributed by atoms with van der Waals surface area (Å²) in [7, 11) is -3.12. The second-order valence-corrected chi connectivity index (χ2v) is 8.86. The van der Waals surface area contributed by atoms with Crippen LogP contribution in [0.2, 0.25) is 5.02 Å². The van der Waals surface area contributed by atoms with Crippen LogP contribution >= 0.6 is 23.4 Å². The predicted molar refractivity (Wildman–Crippen MR) is 87.9 cm³/mol. The highest BCUT2D eigenvalue weighted by Gasteiger charge is 2.30. The number of ketones is 1. The van der Waals surface area contributed by atoms with Crippen LogP contribution in [0.25, 0.3) is 0 Å².